The summed E-state index contributed by atoms with van der Waals surface area (Å²) in [6.45, 7) is 5.33. The molecule has 1 aromatic heterocycles. The molecule has 0 spiro atoms. The van der Waals surface area contributed by atoms with Gasteiger partial charge >= 0.3 is 12.1 Å². The summed E-state index contributed by atoms with van der Waals surface area (Å²) < 4.78 is 52.4. The van der Waals surface area contributed by atoms with Crippen molar-refractivity contribution in [2.24, 2.45) is 10.9 Å². The summed E-state index contributed by atoms with van der Waals surface area (Å²) in [7, 11) is 0. The molecular weight excluding hydrogens is 509 g/mol. The second-order valence-electron chi connectivity index (χ2n) is 9.09. The first-order valence-corrected chi connectivity index (χ1v) is 12.5. The summed E-state index contributed by atoms with van der Waals surface area (Å²) in [5, 5.41) is 10.7. The van der Waals surface area contributed by atoms with Gasteiger partial charge in [0, 0.05) is 18.3 Å². The minimum atomic E-state index is -4.98. The van der Waals surface area contributed by atoms with Gasteiger partial charge in [0.25, 0.3) is 0 Å². The first kappa shape index (κ1) is 28.0. The highest BCUT2D eigenvalue weighted by atomic mass is 19.4. The molecule has 1 aliphatic rings. The van der Waals surface area contributed by atoms with Crippen LogP contribution < -0.4 is 10.1 Å². The number of benzene rings is 2. The standard InChI is InChI=1S/C29H29F3N4O3/c1-3-38-28(37)23(15-33)27(29(30,31)32)36-26-6-4-5-24(35-26)22-13-18(2)7-10-25(22)39-17-19-8-9-21-16-34-12-11-20(21)14-19/h4-10,13-15,23,33-34H,3,11-12,16-17H2,1-2H3. The third-order valence-electron chi connectivity index (χ3n) is 6.22. The molecule has 39 heavy (non-hydrogen) atoms. The average molecular weight is 539 g/mol. The number of ether oxygens (including phenoxy) is 2. The Morgan fingerprint density at radius 1 is 1.18 bits per heavy atom. The first-order chi connectivity index (χ1) is 18.7. The number of nitrogens with one attached hydrogen (secondary N) is 2. The Balaban J connectivity index is 1.65. The number of hydrogen-bond acceptors (Lipinski definition) is 7. The van der Waals surface area contributed by atoms with Crippen molar-refractivity contribution in [3.63, 3.8) is 0 Å². The lowest BCUT2D eigenvalue weighted by atomic mass is 9.99. The maximum absolute atomic E-state index is 13.9. The van der Waals surface area contributed by atoms with Crippen molar-refractivity contribution < 1.29 is 27.4 Å². The molecule has 0 saturated heterocycles. The smallest absolute Gasteiger partial charge is 0.430 e. The van der Waals surface area contributed by atoms with Gasteiger partial charge < -0.3 is 20.2 Å². The number of pyridine rings is 1. The number of carbonyl (C=O) groups excluding carboxylic acids is 1. The lowest BCUT2D eigenvalue weighted by molar-refractivity contribution is -0.144. The van der Waals surface area contributed by atoms with E-state index in [1.807, 2.05) is 25.1 Å². The summed E-state index contributed by atoms with van der Waals surface area (Å²) in [6.07, 6.45) is -3.65. The van der Waals surface area contributed by atoms with Gasteiger partial charge in [-0.25, -0.2) is 9.98 Å². The van der Waals surface area contributed by atoms with Gasteiger partial charge in [-0.15, -0.1) is 0 Å². The SMILES string of the molecule is CCOC(=O)C(C=N)C(=Nc1cccc(-c2cc(C)ccc2OCc2ccc3c(c2)CCNC3)n1)C(F)(F)F. The highest BCUT2D eigenvalue weighted by Crippen LogP contribution is 2.33. The molecule has 2 aromatic carbocycles. The van der Waals surface area contributed by atoms with Gasteiger partial charge in [0.15, 0.2) is 5.82 Å². The Labute approximate surface area is 224 Å². The van der Waals surface area contributed by atoms with Crippen LogP contribution in [0.25, 0.3) is 11.3 Å². The number of halogens is 3. The molecule has 204 valence electrons. The molecule has 0 amide bonds. The number of esters is 1. The molecule has 0 bridgehead atoms. The number of aryl methyl sites for hydroxylation is 1. The Kier molecular flexibility index (Phi) is 8.75. The Morgan fingerprint density at radius 3 is 2.74 bits per heavy atom. The summed E-state index contributed by atoms with van der Waals surface area (Å²) >= 11 is 0. The van der Waals surface area contributed by atoms with Gasteiger partial charge in [-0.05, 0) is 67.8 Å². The third kappa shape index (κ3) is 6.88. The van der Waals surface area contributed by atoms with Crippen molar-refractivity contribution in [1.29, 1.82) is 5.41 Å². The number of aromatic nitrogens is 1. The van der Waals surface area contributed by atoms with E-state index in [2.05, 4.69) is 27.4 Å². The van der Waals surface area contributed by atoms with E-state index in [4.69, 9.17) is 14.9 Å². The molecule has 4 rings (SSSR count). The third-order valence-corrected chi connectivity index (χ3v) is 6.22. The first-order valence-electron chi connectivity index (χ1n) is 12.5. The predicted octanol–water partition coefficient (Wildman–Crippen LogP) is 5.75. The van der Waals surface area contributed by atoms with Crippen LogP contribution in [-0.2, 0) is 29.1 Å². The molecule has 2 N–H and O–H groups in total. The van der Waals surface area contributed by atoms with Crippen LogP contribution in [0, 0.1) is 18.3 Å². The minimum Gasteiger partial charge on any atom is -0.488 e. The van der Waals surface area contributed by atoms with Crippen molar-refractivity contribution in [3.8, 4) is 17.0 Å². The number of hydrogen-bond donors (Lipinski definition) is 2. The highest BCUT2D eigenvalue weighted by Gasteiger charge is 2.44. The summed E-state index contributed by atoms with van der Waals surface area (Å²) in [6, 6.07) is 16.3. The van der Waals surface area contributed by atoms with Crippen LogP contribution in [0.1, 0.15) is 29.2 Å². The molecule has 0 radical (unpaired) electrons. The Hall–Kier alpha value is -4.05. The number of alkyl halides is 3. The number of aliphatic imine (C=N–C) groups is 1. The van der Waals surface area contributed by atoms with Gasteiger partial charge in [-0.2, -0.15) is 13.2 Å². The fourth-order valence-corrected chi connectivity index (χ4v) is 4.31. The second kappa shape index (κ2) is 12.2. The van der Waals surface area contributed by atoms with Crippen LogP contribution in [0.3, 0.4) is 0 Å². The van der Waals surface area contributed by atoms with Crippen LogP contribution in [0.2, 0.25) is 0 Å². The van der Waals surface area contributed by atoms with Crippen molar-refractivity contribution in [3.05, 3.63) is 76.9 Å². The highest BCUT2D eigenvalue weighted by molar-refractivity contribution is 6.16. The van der Waals surface area contributed by atoms with Gasteiger partial charge in [-0.1, -0.05) is 35.9 Å². The van der Waals surface area contributed by atoms with E-state index in [-0.39, 0.29) is 12.4 Å². The topological polar surface area (TPSA) is 96.7 Å². The van der Waals surface area contributed by atoms with Crippen LogP contribution in [0.15, 0.2) is 59.6 Å². The maximum Gasteiger partial charge on any atom is 0.430 e. The normalized spacial score (nSPS) is 14.3. The largest absolute Gasteiger partial charge is 0.488 e. The molecule has 1 atom stereocenters. The van der Waals surface area contributed by atoms with E-state index in [1.54, 1.807) is 12.1 Å². The molecular formula is C29H29F3N4O3. The molecule has 0 saturated carbocycles. The molecule has 1 unspecified atom stereocenters. The van der Waals surface area contributed by atoms with Gasteiger partial charge in [0.2, 0.25) is 0 Å². The monoisotopic (exact) mass is 538 g/mol. The van der Waals surface area contributed by atoms with Gasteiger partial charge in [0.05, 0.1) is 12.3 Å². The van der Waals surface area contributed by atoms with E-state index in [0.717, 1.165) is 30.6 Å². The number of rotatable bonds is 9. The van der Waals surface area contributed by atoms with Crippen molar-refractivity contribution in [2.45, 2.75) is 39.6 Å². The predicted molar refractivity (Wildman–Crippen MR) is 143 cm³/mol. The quantitative estimate of drug-likeness (QED) is 0.267. The Morgan fingerprint density at radius 2 is 2.00 bits per heavy atom. The summed E-state index contributed by atoms with van der Waals surface area (Å²) in [5.41, 5.74) is 3.97. The lowest BCUT2D eigenvalue weighted by Crippen LogP contribution is -2.37. The zero-order valence-electron chi connectivity index (χ0n) is 21.6. The number of fused-ring (bicyclic) bond motifs is 1. The molecule has 10 heteroatoms. The lowest BCUT2D eigenvalue weighted by Gasteiger charge is -2.18. The van der Waals surface area contributed by atoms with E-state index in [1.165, 1.54) is 30.2 Å². The van der Waals surface area contributed by atoms with Crippen LogP contribution in [0.5, 0.6) is 5.75 Å². The molecule has 3 aromatic rings. The van der Waals surface area contributed by atoms with Crippen molar-refractivity contribution >= 4 is 23.7 Å². The van der Waals surface area contributed by atoms with Gasteiger partial charge in [-0.3, -0.25) is 4.79 Å². The molecule has 7 nitrogen and oxygen atoms in total. The van der Waals surface area contributed by atoms with Crippen molar-refractivity contribution in [2.75, 3.05) is 13.2 Å². The van der Waals surface area contributed by atoms with Crippen molar-refractivity contribution in [1.82, 2.24) is 10.3 Å². The van der Waals surface area contributed by atoms with E-state index >= 15 is 0 Å². The molecule has 1 aliphatic heterocycles. The number of carbonyl (C=O) groups is 1. The zero-order chi connectivity index (χ0) is 28.0. The fraction of sp³-hybridized carbons (Fsp3) is 0.310. The molecule has 0 aliphatic carbocycles. The number of nitrogens with zero attached hydrogens (tertiary/aromatic N) is 2. The maximum atomic E-state index is 13.9. The zero-order valence-corrected chi connectivity index (χ0v) is 21.6. The van der Waals surface area contributed by atoms with Gasteiger partial charge in [0.1, 0.15) is 24.0 Å². The minimum absolute atomic E-state index is 0.124. The Bertz CT molecular complexity index is 1390. The second-order valence-corrected chi connectivity index (χ2v) is 9.09. The van der Waals surface area contributed by atoms with E-state index in [0.29, 0.717) is 29.8 Å². The van der Waals surface area contributed by atoms with E-state index < -0.39 is 23.8 Å². The summed E-state index contributed by atoms with van der Waals surface area (Å²) in [4.78, 5) is 20.1. The average Bonchev–Trinajstić information content (AvgIpc) is 2.92. The van der Waals surface area contributed by atoms with E-state index in [9.17, 15) is 18.0 Å². The van der Waals surface area contributed by atoms with Crippen LogP contribution in [-0.4, -0.2) is 42.2 Å². The molecule has 2 heterocycles. The fourth-order valence-electron chi connectivity index (χ4n) is 4.31. The van der Waals surface area contributed by atoms with Crippen LogP contribution >= 0.6 is 0 Å². The van der Waals surface area contributed by atoms with Crippen LogP contribution in [0.4, 0.5) is 19.0 Å². The summed E-state index contributed by atoms with van der Waals surface area (Å²) in [5.74, 6) is -2.94. The molecule has 0 fully saturated rings.